The Balaban J connectivity index is 1.45. The lowest BCUT2D eigenvalue weighted by Gasteiger charge is -2.26. The highest BCUT2D eigenvalue weighted by Gasteiger charge is 2.13. The van der Waals surface area contributed by atoms with Gasteiger partial charge in [0, 0.05) is 25.2 Å². The first-order valence-corrected chi connectivity index (χ1v) is 10.8. The summed E-state index contributed by atoms with van der Waals surface area (Å²) in [5.41, 5.74) is 4.57. The minimum Gasteiger partial charge on any atom is -0.379 e. The maximum atomic E-state index is 5.43. The maximum Gasteiger partial charge on any atom is 0.145 e. The van der Waals surface area contributed by atoms with Crippen molar-refractivity contribution in [1.82, 2.24) is 14.9 Å². The summed E-state index contributed by atoms with van der Waals surface area (Å²) in [5, 5.41) is 3.58. The van der Waals surface area contributed by atoms with Crippen LogP contribution >= 0.6 is 0 Å². The van der Waals surface area contributed by atoms with E-state index in [0.717, 1.165) is 62.8 Å². The number of nitrogens with one attached hydrogen (secondary N) is 1. The molecule has 2 aromatic carbocycles. The first-order chi connectivity index (χ1) is 14.8. The van der Waals surface area contributed by atoms with Crippen LogP contribution in [0.15, 0.2) is 67.0 Å². The molecule has 1 aromatic heterocycles. The Morgan fingerprint density at radius 1 is 1.00 bits per heavy atom. The second-order valence-electron chi connectivity index (χ2n) is 7.77. The molecule has 1 N–H and O–H groups in total. The molecule has 4 rings (SSSR count). The SMILES string of the molecule is CCCC(Nc1cncc(-c2ccc(CN3CCOCC3)cc2)n1)c1ccccc1. The molecule has 156 valence electrons. The van der Waals surface area contributed by atoms with Gasteiger partial charge in [-0.25, -0.2) is 4.98 Å². The summed E-state index contributed by atoms with van der Waals surface area (Å²) in [6.45, 7) is 6.83. The molecule has 0 bridgehead atoms. The predicted octanol–water partition coefficient (Wildman–Crippen LogP) is 4.93. The molecule has 0 spiro atoms. The van der Waals surface area contributed by atoms with Crippen LogP contribution in [-0.4, -0.2) is 41.2 Å². The summed E-state index contributed by atoms with van der Waals surface area (Å²) in [4.78, 5) is 11.7. The first kappa shape index (κ1) is 20.5. The van der Waals surface area contributed by atoms with E-state index in [-0.39, 0.29) is 6.04 Å². The molecule has 1 unspecified atom stereocenters. The minimum absolute atomic E-state index is 0.233. The minimum atomic E-state index is 0.233. The van der Waals surface area contributed by atoms with Crippen molar-refractivity contribution < 1.29 is 4.74 Å². The van der Waals surface area contributed by atoms with Crippen molar-refractivity contribution in [1.29, 1.82) is 0 Å². The van der Waals surface area contributed by atoms with Crippen molar-refractivity contribution in [3.8, 4) is 11.3 Å². The summed E-state index contributed by atoms with van der Waals surface area (Å²) in [6, 6.07) is 19.4. The fourth-order valence-electron chi connectivity index (χ4n) is 3.85. The van der Waals surface area contributed by atoms with Crippen LogP contribution in [0.25, 0.3) is 11.3 Å². The molecule has 0 amide bonds. The topological polar surface area (TPSA) is 50.3 Å². The summed E-state index contributed by atoms with van der Waals surface area (Å²) in [5.74, 6) is 0.812. The maximum absolute atomic E-state index is 5.43. The molecule has 0 radical (unpaired) electrons. The highest BCUT2D eigenvalue weighted by Crippen LogP contribution is 2.25. The number of aromatic nitrogens is 2. The highest BCUT2D eigenvalue weighted by atomic mass is 16.5. The van der Waals surface area contributed by atoms with Gasteiger partial charge < -0.3 is 10.1 Å². The van der Waals surface area contributed by atoms with Crippen LogP contribution in [0.4, 0.5) is 5.82 Å². The van der Waals surface area contributed by atoms with Crippen LogP contribution in [0.3, 0.4) is 0 Å². The Hall–Kier alpha value is -2.76. The molecule has 1 fully saturated rings. The van der Waals surface area contributed by atoms with Gasteiger partial charge in [0.05, 0.1) is 37.3 Å². The fraction of sp³-hybridized carbons (Fsp3) is 0.360. The van der Waals surface area contributed by atoms with E-state index in [0.29, 0.717) is 0 Å². The average Bonchev–Trinajstić information content (AvgIpc) is 2.81. The average molecular weight is 403 g/mol. The lowest BCUT2D eigenvalue weighted by Crippen LogP contribution is -2.35. The zero-order valence-corrected chi connectivity index (χ0v) is 17.6. The number of hydrogen-bond donors (Lipinski definition) is 1. The quantitative estimate of drug-likeness (QED) is 0.579. The summed E-state index contributed by atoms with van der Waals surface area (Å²) in [7, 11) is 0. The lowest BCUT2D eigenvalue weighted by molar-refractivity contribution is 0.0342. The van der Waals surface area contributed by atoms with Gasteiger partial charge in [-0.3, -0.25) is 9.88 Å². The van der Waals surface area contributed by atoms with Crippen LogP contribution in [-0.2, 0) is 11.3 Å². The van der Waals surface area contributed by atoms with Crippen LogP contribution in [0.5, 0.6) is 0 Å². The molecule has 1 saturated heterocycles. The van der Waals surface area contributed by atoms with Gasteiger partial charge in [0.15, 0.2) is 0 Å². The van der Waals surface area contributed by atoms with Gasteiger partial charge in [0.1, 0.15) is 5.82 Å². The number of nitrogens with zero attached hydrogens (tertiary/aromatic N) is 3. The zero-order chi connectivity index (χ0) is 20.6. The summed E-state index contributed by atoms with van der Waals surface area (Å²) >= 11 is 0. The summed E-state index contributed by atoms with van der Waals surface area (Å²) < 4.78 is 5.43. The normalized spacial score (nSPS) is 15.6. The van der Waals surface area contributed by atoms with Crippen LogP contribution < -0.4 is 5.32 Å². The van der Waals surface area contributed by atoms with E-state index < -0.39 is 0 Å². The van der Waals surface area contributed by atoms with E-state index in [1.54, 1.807) is 0 Å². The Labute approximate surface area is 179 Å². The summed E-state index contributed by atoms with van der Waals surface area (Å²) in [6.07, 6.45) is 5.79. The number of rotatable bonds is 8. The van der Waals surface area contributed by atoms with Crippen molar-refractivity contribution in [2.24, 2.45) is 0 Å². The molecular formula is C25H30N4O. The second kappa shape index (κ2) is 10.3. The van der Waals surface area contributed by atoms with Gasteiger partial charge in [0.2, 0.25) is 0 Å². The Morgan fingerprint density at radius 2 is 1.77 bits per heavy atom. The number of hydrogen-bond acceptors (Lipinski definition) is 5. The molecular weight excluding hydrogens is 372 g/mol. The van der Waals surface area contributed by atoms with Crippen LogP contribution in [0.1, 0.15) is 36.9 Å². The van der Waals surface area contributed by atoms with Gasteiger partial charge in [0.25, 0.3) is 0 Å². The highest BCUT2D eigenvalue weighted by molar-refractivity contribution is 5.60. The molecule has 3 aromatic rings. The zero-order valence-electron chi connectivity index (χ0n) is 17.6. The number of anilines is 1. The van der Waals surface area contributed by atoms with Crippen molar-refractivity contribution in [2.45, 2.75) is 32.4 Å². The molecule has 5 nitrogen and oxygen atoms in total. The predicted molar refractivity (Wildman–Crippen MR) is 121 cm³/mol. The fourth-order valence-corrected chi connectivity index (χ4v) is 3.85. The Kier molecular flexibility index (Phi) is 7.06. The standard InChI is InChI=1S/C25H30N4O/c1-2-6-23(21-7-4-3-5-8-21)27-25-18-26-17-24(28-25)22-11-9-20(10-12-22)19-29-13-15-30-16-14-29/h3-5,7-12,17-18,23H,2,6,13-16,19H2,1H3,(H,27,28). The van der Waals surface area contributed by atoms with Gasteiger partial charge in [-0.15, -0.1) is 0 Å². The van der Waals surface area contributed by atoms with E-state index in [2.05, 4.69) is 76.7 Å². The van der Waals surface area contributed by atoms with Crippen molar-refractivity contribution in [3.05, 3.63) is 78.1 Å². The molecule has 0 aliphatic carbocycles. The first-order valence-electron chi connectivity index (χ1n) is 10.8. The van der Waals surface area contributed by atoms with Gasteiger partial charge in [-0.05, 0) is 17.5 Å². The molecule has 1 atom stereocenters. The molecule has 2 heterocycles. The van der Waals surface area contributed by atoms with Crippen molar-refractivity contribution in [2.75, 3.05) is 31.6 Å². The second-order valence-corrected chi connectivity index (χ2v) is 7.77. The van der Waals surface area contributed by atoms with E-state index in [9.17, 15) is 0 Å². The van der Waals surface area contributed by atoms with E-state index >= 15 is 0 Å². The van der Waals surface area contributed by atoms with Crippen LogP contribution in [0, 0.1) is 0 Å². The van der Waals surface area contributed by atoms with Gasteiger partial charge in [-0.1, -0.05) is 67.9 Å². The molecule has 1 aliphatic heterocycles. The smallest absolute Gasteiger partial charge is 0.145 e. The van der Waals surface area contributed by atoms with Crippen molar-refractivity contribution >= 4 is 5.82 Å². The number of morpholine rings is 1. The van der Waals surface area contributed by atoms with E-state index in [1.807, 2.05) is 12.4 Å². The third kappa shape index (κ3) is 5.43. The van der Waals surface area contributed by atoms with E-state index in [4.69, 9.17) is 9.72 Å². The molecule has 1 aliphatic rings. The third-order valence-corrected chi connectivity index (χ3v) is 5.50. The molecule has 0 saturated carbocycles. The third-order valence-electron chi connectivity index (χ3n) is 5.50. The largest absolute Gasteiger partial charge is 0.379 e. The number of ether oxygens (including phenoxy) is 1. The van der Waals surface area contributed by atoms with Crippen molar-refractivity contribution in [3.63, 3.8) is 0 Å². The Bertz CT molecular complexity index is 908. The van der Waals surface area contributed by atoms with Gasteiger partial charge >= 0.3 is 0 Å². The van der Waals surface area contributed by atoms with E-state index in [1.165, 1.54) is 11.1 Å². The molecule has 5 heteroatoms. The monoisotopic (exact) mass is 402 g/mol. The Morgan fingerprint density at radius 3 is 2.50 bits per heavy atom. The molecule has 30 heavy (non-hydrogen) atoms. The lowest BCUT2D eigenvalue weighted by atomic mass is 10.0. The van der Waals surface area contributed by atoms with Gasteiger partial charge in [-0.2, -0.15) is 0 Å². The van der Waals surface area contributed by atoms with Crippen LogP contribution in [0.2, 0.25) is 0 Å². The number of benzene rings is 2.